The van der Waals surface area contributed by atoms with Crippen LogP contribution in [0.15, 0.2) is 53.1 Å². The fraction of sp³-hybridized carbons (Fsp3) is 0.286. The molecule has 1 aliphatic heterocycles. The van der Waals surface area contributed by atoms with Gasteiger partial charge in [-0.1, -0.05) is 67.0 Å². The van der Waals surface area contributed by atoms with Crippen molar-refractivity contribution in [2.24, 2.45) is 0 Å². The molecule has 1 amide bonds. The number of carbonyl (C=O) groups is 1. The van der Waals surface area contributed by atoms with Crippen LogP contribution in [0.3, 0.4) is 0 Å². The Kier molecular flexibility index (Phi) is 4.70. The van der Waals surface area contributed by atoms with Gasteiger partial charge >= 0.3 is 0 Å². The topological polar surface area (TPSA) is 59.2 Å². The Morgan fingerprint density at radius 2 is 1.89 bits per heavy atom. The van der Waals surface area contributed by atoms with Crippen molar-refractivity contribution in [3.05, 3.63) is 65.0 Å². The second-order valence-electron chi connectivity index (χ2n) is 7.09. The van der Waals surface area contributed by atoms with E-state index in [4.69, 9.17) is 16.1 Å². The van der Waals surface area contributed by atoms with Crippen LogP contribution in [0.25, 0.3) is 11.4 Å². The van der Waals surface area contributed by atoms with Crippen LogP contribution in [0.2, 0.25) is 5.02 Å². The quantitative estimate of drug-likeness (QED) is 0.635. The van der Waals surface area contributed by atoms with Crippen molar-refractivity contribution in [1.29, 1.82) is 0 Å². The molecule has 1 atom stereocenters. The SMILES string of the molecule is CC(C)c1ccc(-c2noc(C3CC(=O)N(c4ccccc4Cl)C3)n2)cc1. The smallest absolute Gasteiger partial charge is 0.232 e. The van der Waals surface area contributed by atoms with E-state index in [1.807, 2.05) is 30.3 Å². The van der Waals surface area contributed by atoms with Gasteiger partial charge in [-0.25, -0.2) is 0 Å². The third-order valence-electron chi connectivity index (χ3n) is 4.89. The predicted octanol–water partition coefficient (Wildman–Crippen LogP) is 5.03. The number of hydrogen-bond acceptors (Lipinski definition) is 4. The molecule has 1 aromatic heterocycles. The van der Waals surface area contributed by atoms with E-state index in [1.54, 1.807) is 11.0 Å². The van der Waals surface area contributed by atoms with Crippen molar-refractivity contribution in [3.8, 4) is 11.4 Å². The number of hydrogen-bond donors (Lipinski definition) is 0. The van der Waals surface area contributed by atoms with Crippen LogP contribution in [0, 0.1) is 0 Å². The predicted molar refractivity (Wildman–Crippen MR) is 105 cm³/mol. The van der Waals surface area contributed by atoms with Crippen LogP contribution >= 0.6 is 11.6 Å². The summed E-state index contributed by atoms with van der Waals surface area (Å²) in [4.78, 5) is 18.7. The van der Waals surface area contributed by atoms with Crippen molar-refractivity contribution in [2.75, 3.05) is 11.4 Å². The van der Waals surface area contributed by atoms with E-state index in [0.29, 0.717) is 35.6 Å². The molecule has 1 unspecified atom stereocenters. The summed E-state index contributed by atoms with van der Waals surface area (Å²) in [5.74, 6) is 1.38. The number of carbonyl (C=O) groups excluding carboxylic acids is 1. The first-order chi connectivity index (χ1) is 13.0. The van der Waals surface area contributed by atoms with Crippen LogP contribution in [-0.4, -0.2) is 22.6 Å². The maximum absolute atomic E-state index is 12.5. The third-order valence-corrected chi connectivity index (χ3v) is 5.21. The lowest BCUT2D eigenvalue weighted by atomic mass is 10.0. The first kappa shape index (κ1) is 17.7. The van der Waals surface area contributed by atoms with Gasteiger partial charge in [0.25, 0.3) is 0 Å². The molecule has 0 aliphatic carbocycles. The number of anilines is 1. The molecule has 1 saturated heterocycles. The molecule has 2 aromatic carbocycles. The van der Waals surface area contributed by atoms with E-state index in [2.05, 4.69) is 36.1 Å². The summed E-state index contributed by atoms with van der Waals surface area (Å²) in [5, 5.41) is 4.66. The van der Waals surface area contributed by atoms with Crippen LogP contribution in [0.5, 0.6) is 0 Å². The monoisotopic (exact) mass is 381 g/mol. The van der Waals surface area contributed by atoms with Gasteiger partial charge in [0, 0.05) is 18.5 Å². The summed E-state index contributed by atoms with van der Waals surface area (Å²) in [5.41, 5.74) is 2.89. The highest BCUT2D eigenvalue weighted by molar-refractivity contribution is 6.33. The molecule has 0 spiro atoms. The molecule has 1 aliphatic rings. The van der Waals surface area contributed by atoms with Gasteiger partial charge in [-0.15, -0.1) is 0 Å². The maximum Gasteiger partial charge on any atom is 0.232 e. The van der Waals surface area contributed by atoms with Crippen molar-refractivity contribution in [3.63, 3.8) is 0 Å². The summed E-state index contributed by atoms with van der Waals surface area (Å²) in [6.45, 7) is 4.79. The third kappa shape index (κ3) is 3.47. The average Bonchev–Trinajstić information content (AvgIpc) is 3.29. The summed E-state index contributed by atoms with van der Waals surface area (Å²) >= 11 is 6.24. The molecule has 27 heavy (non-hydrogen) atoms. The summed E-state index contributed by atoms with van der Waals surface area (Å²) < 4.78 is 5.47. The average molecular weight is 382 g/mol. The second kappa shape index (κ2) is 7.16. The number of rotatable bonds is 4. The Morgan fingerprint density at radius 1 is 1.15 bits per heavy atom. The highest BCUT2D eigenvalue weighted by atomic mass is 35.5. The van der Waals surface area contributed by atoms with E-state index in [-0.39, 0.29) is 11.8 Å². The highest BCUT2D eigenvalue weighted by Gasteiger charge is 2.35. The van der Waals surface area contributed by atoms with E-state index in [9.17, 15) is 4.79 Å². The number of benzene rings is 2. The number of amides is 1. The second-order valence-corrected chi connectivity index (χ2v) is 7.50. The van der Waals surface area contributed by atoms with Gasteiger partial charge in [-0.2, -0.15) is 4.98 Å². The number of halogens is 1. The fourth-order valence-electron chi connectivity index (χ4n) is 3.31. The fourth-order valence-corrected chi connectivity index (χ4v) is 3.55. The lowest BCUT2D eigenvalue weighted by Crippen LogP contribution is -2.24. The van der Waals surface area contributed by atoms with Crippen LogP contribution in [0.1, 0.15) is 43.6 Å². The summed E-state index contributed by atoms with van der Waals surface area (Å²) in [7, 11) is 0. The molecule has 0 saturated carbocycles. The zero-order chi connectivity index (χ0) is 19.0. The minimum atomic E-state index is -0.134. The molecule has 3 aromatic rings. The Bertz CT molecular complexity index is 966. The van der Waals surface area contributed by atoms with E-state index >= 15 is 0 Å². The van der Waals surface area contributed by atoms with Gasteiger partial charge in [0.05, 0.1) is 16.6 Å². The Hall–Kier alpha value is -2.66. The molecular weight excluding hydrogens is 362 g/mol. The first-order valence-electron chi connectivity index (χ1n) is 9.01. The Morgan fingerprint density at radius 3 is 2.59 bits per heavy atom. The zero-order valence-electron chi connectivity index (χ0n) is 15.2. The summed E-state index contributed by atoms with van der Waals surface area (Å²) in [6, 6.07) is 15.5. The van der Waals surface area contributed by atoms with Gasteiger partial charge < -0.3 is 9.42 Å². The van der Waals surface area contributed by atoms with Crippen molar-refractivity contribution < 1.29 is 9.32 Å². The molecule has 0 radical (unpaired) electrons. The Labute approximate surface area is 163 Å². The number of aromatic nitrogens is 2. The van der Waals surface area contributed by atoms with Gasteiger partial charge in [-0.3, -0.25) is 4.79 Å². The normalized spacial score (nSPS) is 17.1. The van der Waals surface area contributed by atoms with Crippen LogP contribution in [-0.2, 0) is 4.79 Å². The van der Waals surface area contributed by atoms with Gasteiger partial charge in [0.2, 0.25) is 17.6 Å². The van der Waals surface area contributed by atoms with Gasteiger partial charge in [0.1, 0.15) is 0 Å². The molecule has 4 rings (SSSR count). The lowest BCUT2D eigenvalue weighted by Gasteiger charge is -2.17. The Balaban J connectivity index is 1.54. The van der Waals surface area contributed by atoms with Gasteiger partial charge in [-0.05, 0) is 23.6 Å². The van der Waals surface area contributed by atoms with Crippen LogP contribution in [0.4, 0.5) is 5.69 Å². The first-order valence-corrected chi connectivity index (χ1v) is 9.39. The molecular formula is C21H20ClN3O2. The van der Waals surface area contributed by atoms with E-state index in [0.717, 1.165) is 11.3 Å². The maximum atomic E-state index is 12.5. The number of para-hydroxylation sites is 1. The molecule has 1 fully saturated rings. The van der Waals surface area contributed by atoms with E-state index < -0.39 is 0 Å². The molecule has 0 bridgehead atoms. The molecule has 2 heterocycles. The van der Waals surface area contributed by atoms with Crippen molar-refractivity contribution in [1.82, 2.24) is 10.1 Å². The molecule has 5 nitrogen and oxygen atoms in total. The summed E-state index contributed by atoms with van der Waals surface area (Å²) in [6.07, 6.45) is 0.332. The van der Waals surface area contributed by atoms with Gasteiger partial charge in [0.15, 0.2) is 0 Å². The number of nitrogens with zero attached hydrogens (tertiary/aromatic N) is 3. The molecule has 0 N–H and O–H groups in total. The lowest BCUT2D eigenvalue weighted by molar-refractivity contribution is -0.117. The molecule has 138 valence electrons. The largest absolute Gasteiger partial charge is 0.339 e. The standard InChI is InChI=1S/C21H20ClN3O2/c1-13(2)14-7-9-15(10-8-14)20-23-21(27-24-20)16-11-19(26)25(12-16)18-6-4-3-5-17(18)22/h3-10,13,16H,11-12H2,1-2H3. The van der Waals surface area contributed by atoms with E-state index in [1.165, 1.54) is 5.56 Å². The van der Waals surface area contributed by atoms with Crippen molar-refractivity contribution >= 4 is 23.2 Å². The minimum absolute atomic E-state index is 0.00846. The molecule has 6 heteroatoms. The minimum Gasteiger partial charge on any atom is -0.339 e. The highest BCUT2D eigenvalue weighted by Crippen LogP contribution is 2.35. The zero-order valence-corrected chi connectivity index (χ0v) is 16.0. The van der Waals surface area contributed by atoms with Crippen LogP contribution < -0.4 is 4.90 Å². The van der Waals surface area contributed by atoms with Crippen molar-refractivity contribution in [2.45, 2.75) is 32.1 Å².